The van der Waals surface area contributed by atoms with Crippen LogP contribution in [0.5, 0.6) is 0 Å². The molecule has 0 radical (unpaired) electrons. The molecule has 0 bridgehead atoms. The lowest BCUT2D eigenvalue weighted by molar-refractivity contribution is -0.122. The Kier molecular flexibility index (Phi) is 12.3. The van der Waals surface area contributed by atoms with Crippen LogP contribution >= 0.6 is 0 Å². The summed E-state index contributed by atoms with van der Waals surface area (Å²) in [5.74, 6) is 1.14. The first-order valence-corrected chi connectivity index (χ1v) is 18.6. The highest BCUT2D eigenvalue weighted by molar-refractivity contribution is 5.99. The molecule has 0 unspecified atom stereocenters. The van der Waals surface area contributed by atoms with Gasteiger partial charge in [0.25, 0.3) is 11.9 Å². The van der Waals surface area contributed by atoms with E-state index >= 15 is 0 Å². The van der Waals surface area contributed by atoms with Gasteiger partial charge in [-0.25, -0.2) is 34.6 Å². The highest BCUT2D eigenvalue weighted by Crippen LogP contribution is 2.32. The van der Waals surface area contributed by atoms with Crippen molar-refractivity contribution in [3.8, 4) is 11.3 Å². The van der Waals surface area contributed by atoms with Crippen LogP contribution in [-0.2, 0) is 20.8 Å². The van der Waals surface area contributed by atoms with Gasteiger partial charge in [-0.3, -0.25) is 9.59 Å². The number of unbranched alkanes of at least 4 members (excludes halogenated alkanes) is 1. The van der Waals surface area contributed by atoms with Crippen LogP contribution in [0.4, 0.5) is 29.4 Å². The zero-order chi connectivity index (χ0) is 39.6. The standard InChI is InChI=1S/C36H44N16O5/c37-25-20-44-36(45-21-25)51-11-9-50(10-12-51)35-42-18-24(19-43-35)33(54)41-7-14-56-16-15-55-13-5-28(53)40-6-1-2-8-52-32-29(31(38)46-22-47-32)30(49-52)23-3-4-27-26(17-23)48-34(39)57-27/h3-4,17-22H,1-2,5-16,37H2,(H2,39,48)(H,40,53)(H,41,54)(H2,38,46,47). The Morgan fingerprint density at radius 1 is 0.789 bits per heavy atom. The summed E-state index contributed by atoms with van der Waals surface area (Å²) in [7, 11) is 0. The smallest absolute Gasteiger partial charge is 0.292 e. The monoisotopic (exact) mass is 780 g/mol. The Balaban J connectivity index is 0.722. The highest BCUT2D eigenvalue weighted by atomic mass is 16.5. The third kappa shape index (κ3) is 9.74. The Morgan fingerprint density at radius 2 is 1.49 bits per heavy atom. The topological polar surface area (TPSA) is 282 Å². The van der Waals surface area contributed by atoms with Gasteiger partial charge in [-0.15, -0.1) is 0 Å². The maximum Gasteiger partial charge on any atom is 0.292 e. The molecule has 1 saturated heterocycles. The maximum atomic E-state index is 12.5. The molecule has 1 fully saturated rings. The van der Waals surface area contributed by atoms with Crippen molar-refractivity contribution in [3.63, 3.8) is 0 Å². The minimum atomic E-state index is -0.286. The average Bonchev–Trinajstić information content (AvgIpc) is 3.80. The van der Waals surface area contributed by atoms with E-state index in [0.717, 1.165) is 18.4 Å². The number of hydrogen-bond acceptors (Lipinski definition) is 18. The second-order valence-corrected chi connectivity index (χ2v) is 13.1. The number of ether oxygens (including phenoxy) is 2. The van der Waals surface area contributed by atoms with Crippen molar-refractivity contribution in [3.05, 3.63) is 54.9 Å². The van der Waals surface area contributed by atoms with Crippen molar-refractivity contribution in [2.75, 3.05) is 92.7 Å². The van der Waals surface area contributed by atoms with Crippen molar-refractivity contribution in [1.29, 1.82) is 0 Å². The van der Waals surface area contributed by atoms with E-state index in [1.807, 2.05) is 12.1 Å². The summed E-state index contributed by atoms with van der Waals surface area (Å²) in [4.78, 5) is 59.1. The molecule has 1 aliphatic heterocycles. The van der Waals surface area contributed by atoms with E-state index in [4.69, 9.17) is 36.2 Å². The van der Waals surface area contributed by atoms with Gasteiger partial charge in [0.05, 0.1) is 55.5 Å². The van der Waals surface area contributed by atoms with Crippen LogP contribution in [0, 0.1) is 0 Å². The molecular formula is C36H44N16O5. The Labute approximate surface area is 326 Å². The van der Waals surface area contributed by atoms with Crippen molar-refractivity contribution >= 4 is 63.4 Å². The number of anilines is 5. The number of rotatable bonds is 18. The number of hydrogen-bond donors (Lipinski definition) is 5. The second-order valence-electron chi connectivity index (χ2n) is 13.1. The molecule has 0 spiro atoms. The van der Waals surface area contributed by atoms with E-state index in [-0.39, 0.29) is 30.9 Å². The summed E-state index contributed by atoms with van der Waals surface area (Å²) in [6, 6.07) is 5.58. The lowest BCUT2D eigenvalue weighted by Crippen LogP contribution is -2.47. The van der Waals surface area contributed by atoms with Crippen LogP contribution in [0.25, 0.3) is 33.4 Å². The number of piperazine rings is 1. The van der Waals surface area contributed by atoms with E-state index in [1.165, 1.54) is 18.7 Å². The second kappa shape index (κ2) is 18.3. The van der Waals surface area contributed by atoms with Gasteiger partial charge in [-0.1, -0.05) is 0 Å². The molecule has 0 aliphatic carbocycles. The van der Waals surface area contributed by atoms with E-state index in [1.54, 1.807) is 23.1 Å². The van der Waals surface area contributed by atoms with Gasteiger partial charge < -0.3 is 51.5 Å². The van der Waals surface area contributed by atoms with E-state index in [9.17, 15) is 9.59 Å². The first kappa shape index (κ1) is 38.5. The largest absolute Gasteiger partial charge is 0.424 e. The molecule has 8 N–H and O–H groups in total. The minimum absolute atomic E-state index is 0.0897. The average molecular weight is 781 g/mol. The van der Waals surface area contributed by atoms with E-state index in [0.29, 0.717) is 122 Å². The number of nitrogens with one attached hydrogen (secondary N) is 2. The van der Waals surface area contributed by atoms with Crippen LogP contribution in [0.3, 0.4) is 0 Å². The highest BCUT2D eigenvalue weighted by Gasteiger charge is 2.22. The van der Waals surface area contributed by atoms with Crippen molar-refractivity contribution in [2.24, 2.45) is 0 Å². The summed E-state index contributed by atoms with van der Waals surface area (Å²) < 4.78 is 18.3. The molecule has 6 aromatic rings. The Morgan fingerprint density at radius 3 is 2.23 bits per heavy atom. The molecule has 6 heterocycles. The molecule has 5 aromatic heterocycles. The first-order chi connectivity index (χ1) is 27.8. The predicted octanol–water partition coefficient (Wildman–Crippen LogP) is 1.04. The Bertz CT molecular complexity index is 2270. The molecule has 1 aliphatic rings. The number of aromatic nitrogens is 9. The summed E-state index contributed by atoms with van der Waals surface area (Å²) in [5, 5.41) is 11.2. The number of benzene rings is 1. The summed E-state index contributed by atoms with van der Waals surface area (Å²) in [5.41, 5.74) is 21.8. The quantitative estimate of drug-likeness (QED) is 0.0762. The van der Waals surface area contributed by atoms with Crippen LogP contribution < -0.4 is 37.6 Å². The molecule has 21 nitrogen and oxygen atoms in total. The summed E-state index contributed by atoms with van der Waals surface area (Å²) in [6.45, 7) is 5.43. The van der Waals surface area contributed by atoms with Crippen LogP contribution in [0.15, 0.2) is 53.7 Å². The fourth-order valence-electron chi connectivity index (χ4n) is 6.21. The molecule has 2 amide bonds. The predicted molar refractivity (Wildman–Crippen MR) is 211 cm³/mol. The Hall–Kier alpha value is -6.74. The molecule has 1 aromatic carbocycles. The molecule has 7 rings (SSSR count). The van der Waals surface area contributed by atoms with Gasteiger partial charge in [-0.05, 0) is 31.0 Å². The molecule has 57 heavy (non-hydrogen) atoms. The van der Waals surface area contributed by atoms with Gasteiger partial charge in [0.1, 0.15) is 23.4 Å². The third-order valence-electron chi connectivity index (χ3n) is 9.14. The number of nitrogens with two attached hydrogens (primary N) is 3. The first-order valence-electron chi connectivity index (χ1n) is 18.6. The third-order valence-corrected chi connectivity index (χ3v) is 9.14. The molecule has 0 saturated carbocycles. The van der Waals surface area contributed by atoms with Gasteiger partial charge in [0.2, 0.25) is 17.8 Å². The van der Waals surface area contributed by atoms with Gasteiger partial charge in [0.15, 0.2) is 11.2 Å². The van der Waals surface area contributed by atoms with Crippen molar-refractivity contribution in [2.45, 2.75) is 25.8 Å². The lowest BCUT2D eigenvalue weighted by atomic mass is 10.1. The fourth-order valence-corrected chi connectivity index (χ4v) is 6.21. The zero-order valence-electron chi connectivity index (χ0n) is 31.2. The van der Waals surface area contributed by atoms with E-state index in [2.05, 4.69) is 55.3 Å². The lowest BCUT2D eigenvalue weighted by Gasteiger charge is -2.34. The van der Waals surface area contributed by atoms with Crippen molar-refractivity contribution < 1.29 is 23.5 Å². The van der Waals surface area contributed by atoms with Gasteiger partial charge >= 0.3 is 0 Å². The van der Waals surface area contributed by atoms with Crippen LogP contribution in [0.1, 0.15) is 29.6 Å². The maximum absolute atomic E-state index is 12.5. The number of oxazole rings is 1. The number of nitrogens with zero attached hydrogens (tertiary/aromatic N) is 11. The number of aryl methyl sites for hydroxylation is 1. The molecule has 298 valence electrons. The van der Waals surface area contributed by atoms with E-state index < -0.39 is 0 Å². The van der Waals surface area contributed by atoms with Crippen LogP contribution in [-0.4, -0.2) is 122 Å². The molecular weight excluding hydrogens is 737 g/mol. The SMILES string of the molecule is Nc1cnc(N2CCN(c3ncc(C(=O)NCCOCCOCCC(=O)NCCCCn4nc(-c5ccc6oc(N)nc6c5)c5c(N)ncnc54)cn3)CC2)nc1. The summed E-state index contributed by atoms with van der Waals surface area (Å²) >= 11 is 0. The number of nitrogen functional groups attached to an aromatic ring is 3. The minimum Gasteiger partial charge on any atom is -0.424 e. The van der Waals surface area contributed by atoms with Crippen molar-refractivity contribution in [1.82, 2.24) is 55.3 Å². The summed E-state index contributed by atoms with van der Waals surface area (Å²) in [6.07, 6.45) is 9.35. The van der Waals surface area contributed by atoms with Gasteiger partial charge in [-0.2, -0.15) is 10.1 Å². The molecule has 21 heteroatoms. The number of carbonyl (C=O) groups is 2. The molecule has 0 atom stereocenters. The fraction of sp³-hybridized carbons (Fsp3) is 0.389. The number of fused-ring (bicyclic) bond motifs is 2. The van der Waals surface area contributed by atoms with Gasteiger partial charge in [0, 0.05) is 70.2 Å². The normalized spacial score (nSPS) is 13.1. The number of amides is 2. The van der Waals surface area contributed by atoms with Crippen LogP contribution in [0.2, 0.25) is 0 Å². The number of carbonyl (C=O) groups excluding carboxylic acids is 2. The zero-order valence-corrected chi connectivity index (χ0v) is 31.2.